The molecule has 2 heterocycles. The van der Waals surface area contributed by atoms with Gasteiger partial charge in [-0.2, -0.15) is 13.2 Å². The second kappa shape index (κ2) is 11.7. The van der Waals surface area contributed by atoms with E-state index < -0.39 is 11.9 Å². The lowest BCUT2D eigenvalue weighted by atomic mass is 10.1. The zero-order chi connectivity index (χ0) is 21.6. The number of benzene rings is 1. The average Bonchev–Trinajstić information content (AvgIpc) is 3.39. The van der Waals surface area contributed by atoms with Crippen LogP contribution in [-0.4, -0.2) is 44.2 Å². The van der Waals surface area contributed by atoms with Gasteiger partial charge in [-0.25, -0.2) is 9.98 Å². The molecular formula is C20H27F3IN5OS. The van der Waals surface area contributed by atoms with Crippen LogP contribution >= 0.6 is 35.3 Å². The summed E-state index contributed by atoms with van der Waals surface area (Å²) in [5, 5.41) is 7.80. The van der Waals surface area contributed by atoms with Crippen LogP contribution in [0, 0.1) is 5.92 Å². The van der Waals surface area contributed by atoms with Crippen LogP contribution in [-0.2, 0) is 12.7 Å². The number of aromatic nitrogens is 1. The minimum absolute atomic E-state index is 0. The van der Waals surface area contributed by atoms with Gasteiger partial charge in [0.05, 0.1) is 13.7 Å². The van der Waals surface area contributed by atoms with Gasteiger partial charge in [0, 0.05) is 43.3 Å². The van der Waals surface area contributed by atoms with E-state index in [2.05, 4.69) is 31.6 Å². The molecule has 11 heteroatoms. The molecule has 0 saturated carbocycles. The highest BCUT2D eigenvalue weighted by Gasteiger charge is 2.33. The Hall–Kier alpha value is -1.76. The van der Waals surface area contributed by atoms with E-state index in [-0.39, 0.29) is 30.5 Å². The van der Waals surface area contributed by atoms with Crippen molar-refractivity contribution in [2.75, 3.05) is 38.2 Å². The fourth-order valence-electron chi connectivity index (χ4n) is 3.28. The smallest absolute Gasteiger partial charge is 0.434 e. The molecule has 3 rings (SSSR count). The number of methoxy groups -OCH3 is 1. The first kappa shape index (κ1) is 25.5. The molecule has 0 radical (unpaired) electrons. The second-order valence-electron chi connectivity index (χ2n) is 7.00. The number of alkyl halides is 3. The van der Waals surface area contributed by atoms with Crippen molar-refractivity contribution in [1.29, 1.82) is 0 Å². The zero-order valence-corrected chi connectivity index (χ0v) is 20.6. The van der Waals surface area contributed by atoms with Gasteiger partial charge in [0.1, 0.15) is 10.8 Å². The van der Waals surface area contributed by atoms with Crippen molar-refractivity contribution in [2.24, 2.45) is 10.9 Å². The summed E-state index contributed by atoms with van der Waals surface area (Å²) in [5.74, 6) is 1.87. The third-order valence-corrected chi connectivity index (χ3v) is 5.65. The van der Waals surface area contributed by atoms with Crippen LogP contribution in [0.5, 0.6) is 5.75 Å². The van der Waals surface area contributed by atoms with E-state index in [9.17, 15) is 13.2 Å². The second-order valence-corrected chi connectivity index (χ2v) is 7.95. The van der Waals surface area contributed by atoms with E-state index in [1.807, 2.05) is 25.1 Å². The highest BCUT2D eigenvalue weighted by atomic mass is 127. The van der Waals surface area contributed by atoms with Crippen molar-refractivity contribution in [3.8, 4) is 5.75 Å². The number of anilines is 1. The van der Waals surface area contributed by atoms with Crippen LogP contribution in [0.2, 0.25) is 0 Å². The highest BCUT2D eigenvalue weighted by Crippen LogP contribution is 2.30. The number of hydrogen-bond donors (Lipinski definition) is 2. The fraction of sp³-hybridized carbons (Fsp3) is 0.500. The minimum Gasteiger partial charge on any atom is -0.497 e. The molecule has 1 aromatic heterocycles. The lowest BCUT2D eigenvalue weighted by molar-refractivity contribution is -0.140. The van der Waals surface area contributed by atoms with Crippen LogP contribution in [0.1, 0.15) is 24.0 Å². The third-order valence-electron chi connectivity index (χ3n) is 4.82. The van der Waals surface area contributed by atoms with Gasteiger partial charge in [0.15, 0.2) is 11.7 Å². The normalized spacial score (nSPS) is 16.7. The van der Waals surface area contributed by atoms with Crippen LogP contribution in [0.15, 0.2) is 34.6 Å². The number of hydrogen-bond acceptors (Lipinski definition) is 5. The summed E-state index contributed by atoms with van der Waals surface area (Å²) in [6.07, 6.45) is -3.37. The summed E-state index contributed by atoms with van der Waals surface area (Å²) in [7, 11) is 1.66. The largest absolute Gasteiger partial charge is 0.497 e. The number of rotatable bonds is 7. The van der Waals surface area contributed by atoms with E-state index in [1.165, 1.54) is 0 Å². The van der Waals surface area contributed by atoms with E-state index in [1.54, 1.807) is 7.11 Å². The summed E-state index contributed by atoms with van der Waals surface area (Å²) in [6, 6.07) is 8.02. The quantitative estimate of drug-likeness (QED) is 0.295. The molecule has 1 aromatic carbocycles. The predicted molar refractivity (Wildman–Crippen MR) is 129 cm³/mol. The molecule has 2 aromatic rings. The zero-order valence-electron chi connectivity index (χ0n) is 17.4. The Morgan fingerprint density at radius 3 is 2.84 bits per heavy atom. The number of nitrogens with zero attached hydrogens (tertiary/aromatic N) is 3. The van der Waals surface area contributed by atoms with Crippen molar-refractivity contribution >= 4 is 47.0 Å². The Balaban J connectivity index is 0.00000341. The summed E-state index contributed by atoms with van der Waals surface area (Å²) >= 11 is 0.970. The topological polar surface area (TPSA) is 61.8 Å². The Bertz CT molecular complexity index is 861. The lowest BCUT2D eigenvalue weighted by Crippen LogP contribution is -2.40. The maximum atomic E-state index is 12.7. The maximum absolute atomic E-state index is 12.7. The van der Waals surface area contributed by atoms with E-state index in [0.29, 0.717) is 23.4 Å². The lowest BCUT2D eigenvalue weighted by Gasteiger charge is -2.20. The molecule has 2 N–H and O–H groups in total. The number of thiazole rings is 1. The van der Waals surface area contributed by atoms with E-state index in [4.69, 9.17) is 4.74 Å². The molecule has 31 heavy (non-hydrogen) atoms. The first-order chi connectivity index (χ1) is 14.4. The minimum atomic E-state index is -4.42. The number of guanidine groups is 1. The van der Waals surface area contributed by atoms with Crippen molar-refractivity contribution in [3.63, 3.8) is 0 Å². The molecule has 1 atom stereocenters. The SMILES string of the molecule is CCNC(=NCc1nc(C(F)(F)F)cs1)NCC1CCN(c2cccc(OC)c2)C1.I. The van der Waals surface area contributed by atoms with Crippen molar-refractivity contribution < 1.29 is 17.9 Å². The van der Waals surface area contributed by atoms with Crippen LogP contribution in [0.3, 0.4) is 0 Å². The molecule has 1 aliphatic rings. The Kier molecular flexibility index (Phi) is 9.66. The van der Waals surface area contributed by atoms with Gasteiger partial charge in [-0.05, 0) is 31.4 Å². The molecular weight excluding hydrogens is 542 g/mol. The molecule has 172 valence electrons. The monoisotopic (exact) mass is 569 g/mol. The molecule has 6 nitrogen and oxygen atoms in total. The van der Waals surface area contributed by atoms with Crippen LogP contribution in [0.4, 0.5) is 18.9 Å². The number of aliphatic imine (C=N–C) groups is 1. The van der Waals surface area contributed by atoms with Gasteiger partial charge in [-0.15, -0.1) is 35.3 Å². The van der Waals surface area contributed by atoms with Crippen LogP contribution in [0.25, 0.3) is 0 Å². The fourth-order valence-corrected chi connectivity index (χ4v) is 4.01. The summed E-state index contributed by atoms with van der Waals surface area (Å²) < 4.78 is 43.4. The molecule has 1 aliphatic heterocycles. The molecule has 0 bridgehead atoms. The molecule has 1 fully saturated rings. The van der Waals surface area contributed by atoms with E-state index >= 15 is 0 Å². The van der Waals surface area contributed by atoms with Crippen molar-refractivity contribution in [1.82, 2.24) is 15.6 Å². The molecule has 0 aliphatic carbocycles. The Morgan fingerprint density at radius 2 is 2.16 bits per heavy atom. The number of nitrogens with one attached hydrogen (secondary N) is 2. The molecule has 1 saturated heterocycles. The third kappa shape index (κ3) is 7.41. The predicted octanol–water partition coefficient (Wildman–Crippen LogP) is 4.37. The molecule has 0 spiro atoms. The van der Waals surface area contributed by atoms with Crippen molar-refractivity contribution in [2.45, 2.75) is 26.1 Å². The molecule has 0 amide bonds. The highest BCUT2D eigenvalue weighted by molar-refractivity contribution is 14.0. The van der Waals surface area contributed by atoms with Gasteiger partial charge in [-0.1, -0.05) is 6.07 Å². The standard InChI is InChI=1S/C20H26F3N5OS.HI/c1-3-24-19(26-11-18-27-17(13-30-18)20(21,22)23)25-10-14-7-8-28(12-14)15-5-4-6-16(9-15)29-2;/h4-6,9,13-14H,3,7-8,10-12H2,1-2H3,(H2,24,25,26);1H. The first-order valence-electron chi connectivity index (χ1n) is 9.81. The van der Waals surface area contributed by atoms with Crippen molar-refractivity contribution in [3.05, 3.63) is 40.3 Å². The Morgan fingerprint density at radius 1 is 1.35 bits per heavy atom. The molecule has 1 unspecified atom stereocenters. The maximum Gasteiger partial charge on any atom is 0.434 e. The van der Waals surface area contributed by atoms with Gasteiger partial charge in [0.2, 0.25) is 0 Å². The summed E-state index contributed by atoms with van der Waals surface area (Å²) in [6.45, 7) is 5.34. The number of halogens is 4. The first-order valence-corrected chi connectivity index (χ1v) is 10.7. The average molecular weight is 569 g/mol. The van der Waals surface area contributed by atoms with Crippen LogP contribution < -0.4 is 20.3 Å². The van der Waals surface area contributed by atoms with E-state index in [0.717, 1.165) is 54.2 Å². The Labute approximate surface area is 201 Å². The number of ether oxygens (including phenoxy) is 1. The van der Waals surface area contributed by atoms with Gasteiger partial charge in [0.25, 0.3) is 0 Å². The summed E-state index contributed by atoms with van der Waals surface area (Å²) in [5.41, 5.74) is 0.279. The van der Waals surface area contributed by atoms with Gasteiger partial charge in [-0.3, -0.25) is 0 Å². The van der Waals surface area contributed by atoms with Gasteiger partial charge < -0.3 is 20.3 Å². The van der Waals surface area contributed by atoms with Gasteiger partial charge >= 0.3 is 6.18 Å². The summed E-state index contributed by atoms with van der Waals surface area (Å²) in [4.78, 5) is 10.3.